The van der Waals surface area contributed by atoms with Crippen LogP contribution in [0.3, 0.4) is 0 Å². The number of ether oxygens (including phenoxy) is 1. The van der Waals surface area contributed by atoms with E-state index in [-0.39, 0.29) is 48.6 Å². The number of urea groups is 1. The molecule has 0 heterocycles. The Morgan fingerprint density at radius 1 is 0.775 bits per heavy atom. The van der Waals surface area contributed by atoms with Crippen molar-refractivity contribution in [2.24, 2.45) is 34.6 Å². The Morgan fingerprint density at radius 2 is 1.34 bits per heavy atom. The number of nitrogens with one attached hydrogen (secondary N) is 4. The number of carbonyl (C=O) groups excluding carboxylic acids is 7. The lowest BCUT2D eigenvalue weighted by molar-refractivity contribution is -0.141. The van der Waals surface area contributed by atoms with E-state index in [0.717, 1.165) is 5.56 Å². The summed E-state index contributed by atoms with van der Waals surface area (Å²) in [5.41, 5.74) is 10.4. The van der Waals surface area contributed by atoms with Gasteiger partial charge in [0.25, 0.3) is 5.91 Å². The number of carbonyl (C=O) groups is 7. The number of ketones is 1. The van der Waals surface area contributed by atoms with E-state index < -0.39 is 92.1 Å². The molecule has 0 bridgehead atoms. The number of hydrogen-bond donors (Lipinski definition) is 6. The first-order valence-electron chi connectivity index (χ1n) is 24.1. The van der Waals surface area contributed by atoms with E-state index in [1.54, 1.807) is 72.9 Å². The fourth-order valence-electron chi connectivity index (χ4n) is 7.96. The van der Waals surface area contributed by atoms with E-state index in [0.29, 0.717) is 24.0 Å². The Bertz CT molecular complexity index is 2300. The number of Topliss-reactive ketones (excluding diaryl/α,β-unsaturated/α-hetero) is 1. The second-order valence-corrected chi connectivity index (χ2v) is 23.4. The summed E-state index contributed by atoms with van der Waals surface area (Å²) in [6.45, 7) is 23.4. The van der Waals surface area contributed by atoms with Crippen molar-refractivity contribution in [3.8, 4) is 0 Å². The summed E-state index contributed by atoms with van der Waals surface area (Å²) in [5, 5.41) is 8.28. The lowest BCUT2D eigenvalue weighted by Crippen LogP contribution is -2.63. The molecule has 396 valence electrons. The molecule has 0 aromatic heterocycles. The van der Waals surface area contributed by atoms with Gasteiger partial charge in [-0.3, -0.25) is 28.9 Å². The maximum absolute atomic E-state index is 14.6. The highest BCUT2D eigenvalue weighted by Crippen LogP contribution is 2.32. The van der Waals surface area contributed by atoms with Gasteiger partial charge in [0, 0.05) is 50.5 Å². The van der Waals surface area contributed by atoms with Crippen LogP contribution in [0.15, 0.2) is 66.2 Å². The van der Waals surface area contributed by atoms with E-state index in [9.17, 15) is 42.0 Å². The van der Waals surface area contributed by atoms with Gasteiger partial charge in [0.05, 0.1) is 17.8 Å². The summed E-state index contributed by atoms with van der Waals surface area (Å²) in [6, 6.07) is 11.3. The smallest absolute Gasteiger partial charge is 0.410 e. The average Bonchev–Trinajstić information content (AvgIpc) is 3.25. The van der Waals surface area contributed by atoms with Gasteiger partial charge in [-0.2, -0.15) is 0 Å². The molecule has 8 N–H and O–H groups in total. The molecular formula is C52H82N8O10S. The molecule has 0 saturated carbocycles. The highest BCUT2D eigenvalue weighted by Gasteiger charge is 2.46. The lowest BCUT2D eigenvalue weighted by Gasteiger charge is -2.42. The topological polar surface area (TPSA) is 270 Å². The first-order chi connectivity index (χ1) is 32.6. The third-order valence-corrected chi connectivity index (χ3v) is 13.4. The molecule has 0 saturated heterocycles. The zero-order chi connectivity index (χ0) is 54.4. The molecule has 0 aliphatic heterocycles. The fourth-order valence-corrected chi connectivity index (χ4v) is 9.10. The van der Waals surface area contributed by atoms with Gasteiger partial charge in [-0.1, -0.05) is 123 Å². The van der Waals surface area contributed by atoms with Crippen molar-refractivity contribution >= 4 is 51.6 Å². The molecule has 2 rings (SSSR count). The molecule has 0 aliphatic rings. The van der Waals surface area contributed by atoms with Crippen LogP contribution in [0.1, 0.15) is 126 Å². The first kappa shape index (κ1) is 61.3. The Labute approximate surface area is 422 Å². The Hall–Kier alpha value is -5.82. The normalized spacial score (nSPS) is 14.6. The number of hydrogen-bond acceptors (Lipinski definition) is 11. The monoisotopic (exact) mass is 1010 g/mol. The third kappa shape index (κ3) is 19.4. The summed E-state index contributed by atoms with van der Waals surface area (Å²) in [4.78, 5) is 96.0. The van der Waals surface area contributed by atoms with Crippen LogP contribution in [0.4, 0.5) is 9.59 Å². The first-order valence-corrected chi connectivity index (χ1v) is 25.7. The van der Waals surface area contributed by atoms with Crippen molar-refractivity contribution < 1.29 is 46.7 Å². The van der Waals surface area contributed by atoms with Crippen LogP contribution in [0.2, 0.25) is 0 Å². The quantitative estimate of drug-likeness (QED) is 0.0570. The summed E-state index contributed by atoms with van der Waals surface area (Å²) in [6.07, 6.45) is 1.44. The van der Waals surface area contributed by atoms with Gasteiger partial charge in [0.1, 0.15) is 17.7 Å². The fraction of sp³-hybridized carbons (Fsp3) is 0.596. The van der Waals surface area contributed by atoms with Crippen molar-refractivity contribution in [3.63, 3.8) is 0 Å². The van der Waals surface area contributed by atoms with Gasteiger partial charge in [0.2, 0.25) is 27.7 Å². The predicted octanol–water partition coefficient (Wildman–Crippen LogP) is 5.43. The molecule has 0 radical (unpaired) electrons. The highest BCUT2D eigenvalue weighted by molar-refractivity contribution is 7.89. The van der Waals surface area contributed by atoms with E-state index in [1.165, 1.54) is 29.8 Å². The number of rotatable bonds is 24. The van der Waals surface area contributed by atoms with Gasteiger partial charge >= 0.3 is 12.1 Å². The van der Waals surface area contributed by atoms with Crippen molar-refractivity contribution in [1.29, 1.82) is 0 Å². The highest BCUT2D eigenvalue weighted by atomic mass is 32.2. The number of benzene rings is 2. The number of primary amides is 1. The molecule has 18 nitrogen and oxygen atoms in total. The molecule has 0 fully saturated rings. The molecular weight excluding hydrogens is 929 g/mol. The zero-order valence-corrected chi connectivity index (χ0v) is 45.4. The largest absolute Gasteiger partial charge is 0.444 e. The lowest BCUT2D eigenvalue weighted by atomic mass is 9.76. The van der Waals surface area contributed by atoms with Crippen LogP contribution in [0.25, 0.3) is 0 Å². The summed E-state index contributed by atoms with van der Waals surface area (Å²) >= 11 is 0. The minimum absolute atomic E-state index is 0.0355. The van der Waals surface area contributed by atoms with Crippen molar-refractivity contribution in [2.45, 2.75) is 157 Å². The SMILES string of the molecule is C/C(=C\[C@H](C(C)C)N(C)C(=O)[C@@H](NC(=O)[C@@H](N(C)C(=O)OC(C)(C)C)C(C)(C)c1ccccc1)C(C)(C)C)C(=O)NS(=O)(=O)Cc1ccc(CNC(=O)[C@H](CCCNC(N)=O)CC(=O)[C@@H](N)C(C)C)cc1. The maximum Gasteiger partial charge on any atom is 0.410 e. The molecule has 2 aromatic rings. The standard InChI is InChI=1S/C52H82N8O10S/c1-32(2)39(59(14)47(65)42(50(6,7)8)57-46(64)43(60(15)49(67)70-51(9,10)11)52(12,13)38-21-17-16-18-22-38)28-34(5)44(62)58-71(68,69)31-36-25-23-35(24-26-36)30-56-45(63)37(20-19-27-55-48(54)66)29-40(61)41(53)33(3)4/h16-18,21-26,28,32-33,37,39,41-43H,19-20,27,29-31,53H2,1-15H3,(H,56,63)(H,57,64)(H,58,62)(H3,54,55,66)/b34-28+/t37-,39-,41+,42-,43-/m1/s1. The Balaban J connectivity index is 2.26. The maximum atomic E-state index is 14.6. The average molecular weight is 1010 g/mol. The van der Waals surface area contributed by atoms with E-state index in [4.69, 9.17) is 16.2 Å². The Morgan fingerprint density at radius 3 is 1.85 bits per heavy atom. The molecule has 0 unspecified atom stereocenters. The van der Waals surface area contributed by atoms with Crippen LogP contribution >= 0.6 is 0 Å². The number of likely N-dealkylation sites (N-methyl/N-ethyl adjacent to an activating group) is 2. The van der Waals surface area contributed by atoms with E-state index in [2.05, 4.69) is 20.7 Å². The molecule has 19 heteroatoms. The molecule has 71 heavy (non-hydrogen) atoms. The minimum atomic E-state index is -4.22. The molecule has 7 amide bonds. The predicted molar refractivity (Wildman–Crippen MR) is 276 cm³/mol. The van der Waals surface area contributed by atoms with Crippen molar-refractivity contribution in [2.75, 3.05) is 20.6 Å². The van der Waals surface area contributed by atoms with Crippen LogP contribution in [0.5, 0.6) is 0 Å². The van der Waals surface area contributed by atoms with Gasteiger partial charge in [0.15, 0.2) is 5.78 Å². The van der Waals surface area contributed by atoms with Gasteiger partial charge in [-0.25, -0.2) is 22.7 Å². The van der Waals surface area contributed by atoms with Gasteiger partial charge < -0.3 is 37.1 Å². The summed E-state index contributed by atoms with van der Waals surface area (Å²) in [5.74, 6) is -4.19. The second kappa shape index (κ2) is 26.0. The van der Waals surface area contributed by atoms with E-state index >= 15 is 0 Å². The van der Waals surface area contributed by atoms with Crippen LogP contribution < -0.4 is 32.1 Å². The summed E-state index contributed by atoms with van der Waals surface area (Å²) in [7, 11) is -1.18. The number of amides is 7. The molecule has 0 aliphatic carbocycles. The van der Waals surface area contributed by atoms with Crippen molar-refractivity contribution in [3.05, 3.63) is 82.9 Å². The third-order valence-electron chi connectivity index (χ3n) is 12.2. The molecule has 0 spiro atoms. The number of sulfonamides is 1. The van der Waals surface area contributed by atoms with Gasteiger partial charge in [-0.05, 0) is 74.5 Å². The minimum Gasteiger partial charge on any atom is -0.444 e. The van der Waals surface area contributed by atoms with Crippen LogP contribution in [0, 0.1) is 23.2 Å². The van der Waals surface area contributed by atoms with E-state index in [1.807, 2.05) is 71.9 Å². The number of nitrogens with two attached hydrogens (primary N) is 2. The van der Waals surface area contributed by atoms with Crippen LogP contribution in [-0.2, 0) is 56.4 Å². The Kier molecular flexibility index (Phi) is 22.5. The van der Waals surface area contributed by atoms with Crippen LogP contribution in [-0.4, -0.2) is 110 Å². The zero-order valence-electron chi connectivity index (χ0n) is 44.6. The molecule has 5 atom stereocenters. The number of nitrogens with zero attached hydrogens (tertiary/aromatic N) is 2. The van der Waals surface area contributed by atoms with Crippen molar-refractivity contribution in [1.82, 2.24) is 30.5 Å². The van der Waals surface area contributed by atoms with Gasteiger partial charge in [-0.15, -0.1) is 0 Å². The summed E-state index contributed by atoms with van der Waals surface area (Å²) < 4.78 is 34.5. The second-order valence-electron chi connectivity index (χ2n) is 21.7. The molecule has 2 aromatic carbocycles.